The molecule has 3 heterocycles. The highest BCUT2D eigenvalue weighted by Crippen LogP contribution is 2.25. The lowest BCUT2D eigenvalue weighted by atomic mass is 10.1. The van der Waals surface area contributed by atoms with Crippen molar-refractivity contribution >= 4 is 11.3 Å². The van der Waals surface area contributed by atoms with Crippen LogP contribution in [0.15, 0.2) is 23.7 Å². The lowest BCUT2D eigenvalue weighted by Crippen LogP contribution is -2.29. The number of rotatable bonds is 2. The van der Waals surface area contributed by atoms with Gasteiger partial charge >= 0.3 is 0 Å². The Kier molecular flexibility index (Phi) is 3.09. The smallest absolute Gasteiger partial charge is 0.148 e. The van der Waals surface area contributed by atoms with Crippen LogP contribution in [0.25, 0.3) is 0 Å². The van der Waals surface area contributed by atoms with Crippen molar-refractivity contribution in [3.05, 3.63) is 51.5 Å². The quantitative estimate of drug-likeness (QED) is 0.830. The average molecular weight is 266 g/mol. The van der Waals surface area contributed by atoms with Crippen molar-refractivity contribution < 1.29 is 8.78 Å². The zero-order valence-corrected chi connectivity index (χ0v) is 10.5. The van der Waals surface area contributed by atoms with E-state index in [9.17, 15) is 8.78 Å². The Bertz CT molecular complexity index is 568. The zero-order valence-electron chi connectivity index (χ0n) is 9.70. The van der Waals surface area contributed by atoms with E-state index in [2.05, 4.69) is 21.3 Å². The van der Waals surface area contributed by atoms with Crippen molar-refractivity contribution in [3.8, 4) is 0 Å². The van der Waals surface area contributed by atoms with E-state index in [0.717, 1.165) is 31.8 Å². The third-order valence-corrected chi connectivity index (χ3v) is 4.17. The molecule has 5 heteroatoms. The van der Waals surface area contributed by atoms with Crippen molar-refractivity contribution in [3.63, 3.8) is 0 Å². The highest BCUT2D eigenvalue weighted by molar-refractivity contribution is 7.10. The average Bonchev–Trinajstić information content (AvgIpc) is 2.80. The molecule has 2 aromatic heterocycles. The molecule has 0 N–H and O–H groups in total. The van der Waals surface area contributed by atoms with Gasteiger partial charge in [0.2, 0.25) is 0 Å². The summed E-state index contributed by atoms with van der Waals surface area (Å²) in [5.74, 6) is -1.19. The van der Waals surface area contributed by atoms with E-state index >= 15 is 0 Å². The third-order valence-electron chi connectivity index (χ3n) is 3.14. The largest absolute Gasteiger partial charge is 0.293 e. The first-order valence-corrected chi connectivity index (χ1v) is 6.68. The Balaban J connectivity index is 1.74. The van der Waals surface area contributed by atoms with E-state index < -0.39 is 11.6 Å². The van der Waals surface area contributed by atoms with Gasteiger partial charge < -0.3 is 0 Å². The van der Waals surface area contributed by atoms with Crippen LogP contribution in [0, 0.1) is 11.6 Å². The Labute approximate surface area is 108 Å². The van der Waals surface area contributed by atoms with Crippen LogP contribution in [0.1, 0.15) is 16.1 Å². The predicted molar refractivity (Wildman–Crippen MR) is 66.3 cm³/mol. The molecule has 3 rings (SSSR count). The second-order valence-electron chi connectivity index (χ2n) is 4.41. The van der Waals surface area contributed by atoms with Crippen LogP contribution in [0.5, 0.6) is 0 Å². The van der Waals surface area contributed by atoms with E-state index in [1.165, 1.54) is 10.4 Å². The molecule has 0 saturated carbocycles. The number of halogens is 2. The summed E-state index contributed by atoms with van der Waals surface area (Å²) in [5.41, 5.74) is 1.63. The number of fused-ring (bicyclic) bond motifs is 1. The Morgan fingerprint density at radius 1 is 1.39 bits per heavy atom. The van der Waals surface area contributed by atoms with Gasteiger partial charge in [0.05, 0.1) is 11.9 Å². The van der Waals surface area contributed by atoms with Gasteiger partial charge in [0.15, 0.2) is 0 Å². The van der Waals surface area contributed by atoms with E-state index in [4.69, 9.17) is 0 Å². The molecule has 0 radical (unpaired) electrons. The number of hydrogen-bond donors (Lipinski definition) is 0. The first-order chi connectivity index (χ1) is 8.72. The molecule has 0 aliphatic carbocycles. The number of nitrogens with zero attached hydrogens (tertiary/aromatic N) is 2. The van der Waals surface area contributed by atoms with Gasteiger partial charge in [-0.3, -0.25) is 9.88 Å². The van der Waals surface area contributed by atoms with Crippen molar-refractivity contribution in [2.75, 3.05) is 6.54 Å². The fourth-order valence-electron chi connectivity index (χ4n) is 2.21. The summed E-state index contributed by atoms with van der Waals surface area (Å²) < 4.78 is 26.3. The molecule has 0 fully saturated rings. The highest BCUT2D eigenvalue weighted by Gasteiger charge is 2.18. The lowest BCUT2D eigenvalue weighted by Gasteiger charge is -2.26. The van der Waals surface area contributed by atoms with Crippen LogP contribution < -0.4 is 0 Å². The number of hydrogen-bond acceptors (Lipinski definition) is 3. The zero-order chi connectivity index (χ0) is 12.5. The Morgan fingerprint density at radius 3 is 3.11 bits per heavy atom. The molecular formula is C13H12F2N2S. The first kappa shape index (κ1) is 11.7. The number of aromatic nitrogens is 1. The van der Waals surface area contributed by atoms with E-state index in [1.54, 1.807) is 11.3 Å². The van der Waals surface area contributed by atoms with Crippen molar-refractivity contribution in [2.45, 2.75) is 19.5 Å². The minimum atomic E-state index is -0.630. The van der Waals surface area contributed by atoms with E-state index in [0.29, 0.717) is 12.2 Å². The van der Waals surface area contributed by atoms with Gasteiger partial charge in [0.25, 0.3) is 0 Å². The molecule has 0 unspecified atom stereocenters. The van der Waals surface area contributed by atoms with E-state index in [1.807, 2.05) is 0 Å². The topological polar surface area (TPSA) is 16.1 Å². The summed E-state index contributed by atoms with van der Waals surface area (Å²) in [6.45, 7) is 2.14. The summed E-state index contributed by atoms with van der Waals surface area (Å²) >= 11 is 1.77. The van der Waals surface area contributed by atoms with Crippen LogP contribution in [0.4, 0.5) is 8.78 Å². The van der Waals surface area contributed by atoms with Crippen LogP contribution in [-0.4, -0.2) is 16.4 Å². The molecule has 2 aromatic rings. The third kappa shape index (κ3) is 2.28. The summed E-state index contributed by atoms with van der Waals surface area (Å²) in [7, 11) is 0. The van der Waals surface area contributed by atoms with Gasteiger partial charge in [0.1, 0.15) is 11.6 Å². The summed E-state index contributed by atoms with van der Waals surface area (Å²) in [5, 5.41) is 2.09. The number of pyridine rings is 1. The monoisotopic (exact) mass is 266 g/mol. The summed E-state index contributed by atoms with van der Waals surface area (Å²) in [6.07, 6.45) is 2.06. The fraction of sp³-hybridized carbons (Fsp3) is 0.308. The molecule has 0 amide bonds. The second kappa shape index (κ2) is 4.74. The fourth-order valence-corrected chi connectivity index (χ4v) is 3.10. The standard InChI is InChI=1S/C13H12F2N2S/c14-10-5-11(15)12(16-6-10)8-17-3-1-13-9(7-17)2-4-18-13/h2,4-6H,1,3,7-8H2. The molecule has 2 nitrogen and oxygen atoms in total. The molecule has 0 aromatic carbocycles. The van der Waals surface area contributed by atoms with Crippen molar-refractivity contribution in [1.29, 1.82) is 0 Å². The first-order valence-electron chi connectivity index (χ1n) is 5.80. The van der Waals surface area contributed by atoms with Crippen molar-refractivity contribution in [1.82, 2.24) is 9.88 Å². The van der Waals surface area contributed by atoms with Crippen molar-refractivity contribution in [2.24, 2.45) is 0 Å². The normalized spacial score (nSPS) is 15.7. The molecular weight excluding hydrogens is 254 g/mol. The molecule has 0 bridgehead atoms. The van der Waals surface area contributed by atoms with Crippen LogP contribution in [-0.2, 0) is 19.5 Å². The minimum absolute atomic E-state index is 0.315. The van der Waals surface area contributed by atoms with E-state index in [-0.39, 0.29) is 0 Å². The van der Waals surface area contributed by atoms with Gasteiger partial charge in [-0.2, -0.15) is 0 Å². The maximum atomic E-state index is 13.5. The molecule has 1 aliphatic heterocycles. The predicted octanol–water partition coefficient (Wildman–Crippen LogP) is 2.98. The maximum absolute atomic E-state index is 13.5. The van der Waals surface area contributed by atoms with Gasteiger partial charge in [0, 0.05) is 30.6 Å². The Hall–Kier alpha value is -1.33. The van der Waals surface area contributed by atoms with Gasteiger partial charge in [-0.1, -0.05) is 0 Å². The summed E-state index contributed by atoms with van der Waals surface area (Å²) in [6, 6.07) is 3.00. The molecule has 0 saturated heterocycles. The molecule has 1 aliphatic rings. The SMILES string of the molecule is Fc1cnc(CN2CCc3sccc3C2)c(F)c1. The van der Waals surface area contributed by atoms with Crippen LogP contribution >= 0.6 is 11.3 Å². The van der Waals surface area contributed by atoms with Gasteiger partial charge in [-0.15, -0.1) is 11.3 Å². The maximum Gasteiger partial charge on any atom is 0.148 e. The molecule has 0 spiro atoms. The van der Waals surface area contributed by atoms with Gasteiger partial charge in [-0.05, 0) is 23.4 Å². The van der Waals surface area contributed by atoms with Crippen LogP contribution in [0.2, 0.25) is 0 Å². The lowest BCUT2D eigenvalue weighted by molar-refractivity contribution is 0.240. The van der Waals surface area contributed by atoms with Gasteiger partial charge in [-0.25, -0.2) is 8.78 Å². The Morgan fingerprint density at radius 2 is 2.28 bits per heavy atom. The van der Waals surface area contributed by atoms with Crippen LogP contribution in [0.3, 0.4) is 0 Å². The molecule has 18 heavy (non-hydrogen) atoms. The number of thiophene rings is 1. The molecule has 0 atom stereocenters. The molecule has 94 valence electrons. The minimum Gasteiger partial charge on any atom is -0.293 e. The second-order valence-corrected chi connectivity index (χ2v) is 5.41. The summed E-state index contributed by atoms with van der Waals surface area (Å²) in [4.78, 5) is 7.38. The highest BCUT2D eigenvalue weighted by atomic mass is 32.1.